The molecule has 0 aromatic carbocycles. The monoisotopic (exact) mass is 210 g/mol. The SMILES string of the molecule is CC[C@@H]([NH3+])C12C[C@@H]3C[C@@H](CC(O)(C3)C1)C2. The van der Waals surface area contributed by atoms with Crippen LogP contribution in [0.2, 0.25) is 0 Å². The van der Waals surface area contributed by atoms with Gasteiger partial charge in [-0.05, 0) is 56.8 Å². The van der Waals surface area contributed by atoms with Gasteiger partial charge in [-0.15, -0.1) is 0 Å². The van der Waals surface area contributed by atoms with Gasteiger partial charge in [-0.1, -0.05) is 6.92 Å². The summed E-state index contributed by atoms with van der Waals surface area (Å²) in [5.74, 6) is 1.62. The summed E-state index contributed by atoms with van der Waals surface area (Å²) in [6, 6.07) is 0.565. The number of hydrogen-bond acceptors (Lipinski definition) is 1. The molecule has 0 aromatic heterocycles. The zero-order chi connectivity index (χ0) is 10.7. The Morgan fingerprint density at radius 2 is 1.87 bits per heavy atom. The predicted octanol–water partition coefficient (Wildman–Crippen LogP) is 1.34. The Bertz CT molecular complexity index is 262. The van der Waals surface area contributed by atoms with E-state index in [1.165, 1.54) is 25.7 Å². The molecule has 2 heteroatoms. The van der Waals surface area contributed by atoms with Crippen molar-refractivity contribution in [2.45, 2.75) is 63.5 Å². The fraction of sp³-hybridized carbons (Fsp3) is 1.00. The lowest BCUT2D eigenvalue weighted by Crippen LogP contribution is -2.73. The third kappa shape index (κ3) is 1.38. The average molecular weight is 210 g/mol. The van der Waals surface area contributed by atoms with Crippen LogP contribution in [0.15, 0.2) is 0 Å². The summed E-state index contributed by atoms with van der Waals surface area (Å²) in [6.07, 6.45) is 8.50. The van der Waals surface area contributed by atoms with Crippen LogP contribution in [-0.4, -0.2) is 16.7 Å². The van der Waals surface area contributed by atoms with Gasteiger partial charge < -0.3 is 10.8 Å². The molecule has 4 rings (SSSR count). The van der Waals surface area contributed by atoms with Gasteiger partial charge in [0.15, 0.2) is 0 Å². The van der Waals surface area contributed by atoms with Crippen molar-refractivity contribution in [1.29, 1.82) is 0 Å². The van der Waals surface area contributed by atoms with Crippen LogP contribution in [0.25, 0.3) is 0 Å². The van der Waals surface area contributed by atoms with Crippen molar-refractivity contribution in [3.05, 3.63) is 0 Å². The standard InChI is InChI=1S/C13H23NO/c1-2-11(14)12-4-9-3-10(5-12)7-13(15,6-9)8-12/h9-11,15H,2-8,14H2,1H3/p+1/t9-,10+,11-,12?,13?/m1/s1. The Morgan fingerprint density at radius 1 is 1.27 bits per heavy atom. The van der Waals surface area contributed by atoms with E-state index in [0.29, 0.717) is 11.5 Å². The van der Waals surface area contributed by atoms with E-state index in [0.717, 1.165) is 31.1 Å². The molecule has 5 atom stereocenters. The first-order chi connectivity index (χ1) is 7.05. The summed E-state index contributed by atoms with van der Waals surface area (Å²) >= 11 is 0. The Hall–Kier alpha value is -0.0800. The molecule has 0 heterocycles. The van der Waals surface area contributed by atoms with Gasteiger partial charge in [0, 0.05) is 5.41 Å². The van der Waals surface area contributed by atoms with Crippen LogP contribution in [0.3, 0.4) is 0 Å². The highest BCUT2D eigenvalue weighted by molar-refractivity contribution is 5.09. The fourth-order valence-corrected chi connectivity index (χ4v) is 5.19. The second-order valence-corrected chi connectivity index (χ2v) is 6.65. The molecule has 0 aromatic rings. The van der Waals surface area contributed by atoms with Crippen molar-refractivity contribution in [2.75, 3.05) is 0 Å². The minimum atomic E-state index is -0.296. The van der Waals surface area contributed by atoms with Crippen LogP contribution in [0.4, 0.5) is 0 Å². The van der Waals surface area contributed by atoms with Crippen molar-refractivity contribution in [2.24, 2.45) is 17.3 Å². The molecule has 0 saturated heterocycles. The summed E-state index contributed by atoms with van der Waals surface area (Å²) in [6.45, 7) is 2.25. The Kier molecular flexibility index (Phi) is 2.01. The molecule has 4 aliphatic rings. The molecule has 0 aliphatic heterocycles. The number of aliphatic hydroxyl groups is 1. The first-order valence-electron chi connectivity index (χ1n) is 6.61. The van der Waals surface area contributed by atoms with Crippen LogP contribution in [0.1, 0.15) is 51.9 Å². The van der Waals surface area contributed by atoms with Crippen LogP contribution >= 0.6 is 0 Å². The normalized spacial score (nSPS) is 54.6. The summed E-state index contributed by atoms with van der Waals surface area (Å²) < 4.78 is 0. The molecule has 2 unspecified atom stereocenters. The molecule has 4 aliphatic carbocycles. The van der Waals surface area contributed by atoms with Crippen LogP contribution in [0.5, 0.6) is 0 Å². The third-order valence-corrected chi connectivity index (χ3v) is 5.43. The highest BCUT2D eigenvalue weighted by Crippen LogP contribution is 2.62. The van der Waals surface area contributed by atoms with E-state index >= 15 is 0 Å². The summed E-state index contributed by atoms with van der Waals surface area (Å²) in [5, 5.41) is 10.6. The quantitative estimate of drug-likeness (QED) is 0.710. The van der Waals surface area contributed by atoms with Crippen molar-refractivity contribution >= 4 is 0 Å². The van der Waals surface area contributed by atoms with E-state index in [2.05, 4.69) is 12.7 Å². The lowest BCUT2D eigenvalue weighted by molar-refractivity contribution is -0.461. The predicted molar refractivity (Wildman–Crippen MR) is 59.0 cm³/mol. The number of hydrogen-bond donors (Lipinski definition) is 2. The minimum absolute atomic E-state index is 0.296. The van der Waals surface area contributed by atoms with Crippen LogP contribution in [0, 0.1) is 17.3 Å². The van der Waals surface area contributed by atoms with Crippen molar-refractivity contribution in [1.82, 2.24) is 0 Å². The van der Waals surface area contributed by atoms with Gasteiger partial charge in [-0.25, -0.2) is 0 Å². The molecule has 4 saturated carbocycles. The summed E-state index contributed by atoms with van der Waals surface area (Å²) in [5.41, 5.74) is 4.48. The lowest BCUT2D eigenvalue weighted by atomic mass is 9.46. The molecular formula is C13H24NO+. The highest BCUT2D eigenvalue weighted by atomic mass is 16.3. The van der Waals surface area contributed by atoms with E-state index < -0.39 is 0 Å². The molecule has 4 fully saturated rings. The smallest absolute Gasteiger partial charge is 0.0899 e. The Labute approximate surface area is 92.2 Å². The second-order valence-electron chi connectivity index (χ2n) is 6.65. The molecule has 86 valence electrons. The molecular weight excluding hydrogens is 186 g/mol. The van der Waals surface area contributed by atoms with Gasteiger partial charge in [0.2, 0.25) is 0 Å². The topological polar surface area (TPSA) is 47.9 Å². The maximum Gasteiger partial charge on any atom is 0.0899 e. The number of rotatable bonds is 2. The second kappa shape index (κ2) is 2.98. The number of quaternary nitrogens is 1. The van der Waals surface area contributed by atoms with E-state index in [1.54, 1.807) is 0 Å². The first-order valence-corrected chi connectivity index (χ1v) is 6.61. The lowest BCUT2D eigenvalue weighted by Gasteiger charge is -2.60. The minimum Gasteiger partial charge on any atom is -0.390 e. The Morgan fingerprint density at radius 3 is 2.33 bits per heavy atom. The maximum atomic E-state index is 10.6. The molecule has 0 radical (unpaired) electrons. The zero-order valence-corrected chi connectivity index (χ0v) is 9.84. The van der Waals surface area contributed by atoms with Crippen LogP contribution < -0.4 is 5.73 Å². The molecule has 0 amide bonds. The molecule has 2 nitrogen and oxygen atoms in total. The van der Waals surface area contributed by atoms with Crippen molar-refractivity contribution < 1.29 is 10.8 Å². The van der Waals surface area contributed by atoms with Crippen LogP contribution in [-0.2, 0) is 0 Å². The Balaban J connectivity index is 1.92. The van der Waals surface area contributed by atoms with Gasteiger partial charge >= 0.3 is 0 Å². The summed E-state index contributed by atoms with van der Waals surface area (Å²) in [4.78, 5) is 0. The molecule has 15 heavy (non-hydrogen) atoms. The van der Waals surface area contributed by atoms with E-state index in [9.17, 15) is 5.11 Å². The largest absolute Gasteiger partial charge is 0.390 e. The van der Waals surface area contributed by atoms with Gasteiger partial charge in [0.25, 0.3) is 0 Å². The highest BCUT2D eigenvalue weighted by Gasteiger charge is 2.59. The maximum absolute atomic E-state index is 10.6. The van der Waals surface area contributed by atoms with E-state index in [1.807, 2.05) is 0 Å². The van der Waals surface area contributed by atoms with E-state index in [4.69, 9.17) is 0 Å². The zero-order valence-electron chi connectivity index (χ0n) is 9.84. The molecule has 4 N–H and O–H groups in total. The van der Waals surface area contributed by atoms with Crippen molar-refractivity contribution in [3.63, 3.8) is 0 Å². The van der Waals surface area contributed by atoms with Gasteiger partial charge in [0.1, 0.15) is 0 Å². The van der Waals surface area contributed by atoms with Gasteiger partial charge in [-0.3, -0.25) is 0 Å². The van der Waals surface area contributed by atoms with E-state index in [-0.39, 0.29) is 5.60 Å². The molecule has 4 bridgehead atoms. The van der Waals surface area contributed by atoms with Crippen molar-refractivity contribution in [3.8, 4) is 0 Å². The summed E-state index contributed by atoms with van der Waals surface area (Å²) in [7, 11) is 0. The van der Waals surface area contributed by atoms with Gasteiger partial charge in [0.05, 0.1) is 11.6 Å². The molecule has 0 spiro atoms. The average Bonchev–Trinajstić information content (AvgIpc) is 2.12. The first kappa shape index (κ1) is 10.1. The fourth-order valence-electron chi connectivity index (χ4n) is 5.19. The third-order valence-electron chi connectivity index (χ3n) is 5.43. The van der Waals surface area contributed by atoms with Gasteiger partial charge in [-0.2, -0.15) is 0 Å².